The van der Waals surface area contributed by atoms with Crippen molar-refractivity contribution in [2.45, 2.75) is 0 Å². The zero-order valence-corrected chi connectivity index (χ0v) is 12.6. The average Bonchev–Trinajstić information content (AvgIpc) is 2.91. The van der Waals surface area contributed by atoms with Crippen molar-refractivity contribution in [2.24, 2.45) is 5.10 Å². The number of halogens is 1. The molecule has 0 fully saturated rings. The van der Waals surface area contributed by atoms with Crippen molar-refractivity contribution in [3.05, 3.63) is 65.2 Å². The molecule has 0 aliphatic carbocycles. The van der Waals surface area contributed by atoms with Gasteiger partial charge in [0.25, 0.3) is 0 Å². The van der Waals surface area contributed by atoms with Crippen molar-refractivity contribution < 1.29 is 0 Å². The summed E-state index contributed by atoms with van der Waals surface area (Å²) >= 11 is 7.67. The Morgan fingerprint density at radius 3 is 2.67 bits per heavy atom. The molecular formula is C16H12ClN3S. The van der Waals surface area contributed by atoms with Crippen LogP contribution in [-0.2, 0) is 0 Å². The minimum absolute atomic E-state index is 0.551. The van der Waals surface area contributed by atoms with Gasteiger partial charge in [-0.3, -0.25) is 5.43 Å². The summed E-state index contributed by atoms with van der Waals surface area (Å²) in [7, 11) is 0. The van der Waals surface area contributed by atoms with Crippen LogP contribution in [0.25, 0.3) is 16.3 Å². The summed E-state index contributed by atoms with van der Waals surface area (Å²) in [5, 5.41) is 5.40. The van der Waals surface area contributed by atoms with Gasteiger partial charge in [0, 0.05) is 0 Å². The van der Waals surface area contributed by atoms with Gasteiger partial charge >= 0.3 is 0 Å². The Morgan fingerprint density at radius 2 is 1.86 bits per heavy atom. The summed E-state index contributed by atoms with van der Waals surface area (Å²) in [5.74, 6) is 0. The van der Waals surface area contributed by atoms with Gasteiger partial charge in [-0.25, -0.2) is 4.98 Å². The first kappa shape index (κ1) is 13.8. The topological polar surface area (TPSA) is 37.3 Å². The molecule has 2 aromatic carbocycles. The molecule has 3 aromatic rings. The molecule has 0 amide bonds. The third-order valence-corrected chi connectivity index (χ3v) is 3.89. The van der Waals surface area contributed by atoms with Gasteiger partial charge in [0.05, 0.1) is 21.5 Å². The molecule has 0 saturated carbocycles. The van der Waals surface area contributed by atoms with E-state index in [0.717, 1.165) is 20.9 Å². The number of benzene rings is 2. The van der Waals surface area contributed by atoms with Crippen LogP contribution in [0.3, 0.4) is 0 Å². The van der Waals surface area contributed by atoms with Gasteiger partial charge in [-0.1, -0.05) is 65.4 Å². The SMILES string of the molecule is ClC(/C=N/Nc1nc2ccccc2s1)=C/c1ccccc1. The normalized spacial score (nSPS) is 12.1. The van der Waals surface area contributed by atoms with E-state index in [1.54, 1.807) is 17.6 Å². The van der Waals surface area contributed by atoms with Crippen molar-refractivity contribution in [1.82, 2.24) is 4.98 Å². The van der Waals surface area contributed by atoms with Gasteiger partial charge in [0.15, 0.2) is 0 Å². The van der Waals surface area contributed by atoms with Crippen molar-refractivity contribution >= 4 is 50.6 Å². The molecular weight excluding hydrogens is 302 g/mol. The number of nitrogens with zero attached hydrogens (tertiary/aromatic N) is 2. The molecule has 3 rings (SSSR count). The Bertz CT molecular complexity index is 760. The number of aromatic nitrogens is 1. The largest absolute Gasteiger partial charge is 0.253 e. The van der Waals surface area contributed by atoms with Crippen LogP contribution in [0.5, 0.6) is 0 Å². The highest BCUT2D eigenvalue weighted by atomic mass is 35.5. The third kappa shape index (κ3) is 3.68. The standard InChI is InChI=1S/C16H12ClN3S/c17-13(10-12-6-2-1-3-7-12)11-18-20-16-19-14-8-4-5-9-15(14)21-16/h1-11H,(H,19,20)/b13-10+,18-11+. The lowest BCUT2D eigenvalue weighted by Crippen LogP contribution is -1.88. The average molecular weight is 314 g/mol. The molecule has 104 valence electrons. The van der Waals surface area contributed by atoms with Gasteiger partial charge in [0.1, 0.15) is 0 Å². The molecule has 0 aliphatic heterocycles. The smallest absolute Gasteiger partial charge is 0.204 e. The molecule has 1 N–H and O–H groups in total. The number of hydrogen-bond donors (Lipinski definition) is 1. The van der Waals surface area contributed by atoms with Gasteiger partial charge in [-0.15, -0.1) is 0 Å². The number of hydrazone groups is 1. The fraction of sp³-hybridized carbons (Fsp3) is 0. The summed E-state index contributed by atoms with van der Waals surface area (Å²) in [6, 6.07) is 17.8. The molecule has 3 nitrogen and oxygen atoms in total. The number of rotatable bonds is 4. The van der Waals surface area contributed by atoms with E-state index < -0.39 is 0 Å². The van der Waals surface area contributed by atoms with Crippen molar-refractivity contribution in [1.29, 1.82) is 0 Å². The van der Waals surface area contributed by atoms with E-state index >= 15 is 0 Å². The van der Waals surface area contributed by atoms with E-state index in [2.05, 4.69) is 15.5 Å². The number of allylic oxidation sites excluding steroid dienone is 1. The summed E-state index contributed by atoms with van der Waals surface area (Å²) in [4.78, 5) is 4.42. The number of hydrogen-bond acceptors (Lipinski definition) is 4. The Kier molecular flexibility index (Phi) is 4.28. The second kappa shape index (κ2) is 6.52. The molecule has 1 heterocycles. The minimum atomic E-state index is 0.551. The molecule has 5 heteroatoms. The van der Waals surface area contributed by atoms with Crippen LogP contribution in [-0.4, -0.2) is 11.2 Å². The van der Waals surface area contributed by atoms with Gasteiger partial charge in [0.2, 0.25) is 5.13 Å². The van der Waals surface area contributed by atoms with Crippen LogP contribution in [0.4, 0.5) is 5.13 Å². The predicted molar refractivity (Wildman–Crippen MR) is 92.0 cm³/mol. The van der Waals surface area contributed by atoms with Gasteiger partial charge in [-0.05, 0) is 23.8 Å². The molecule has 0 bridgehead atoms. The number of fused-ring (bicyclic) bond motifs is 1. The highest BCUT2D eigenvalue weighted by molar-refractivity contribution is 7.22. The van der Waals surface area contributed by atoms with Crippen molar-refractivity contribution in [2.75, 3.05) is 5.43 Å². The minimum Gasteiger partial charge on any atom is -0.253 e. The second-order valence-electron chi connectivity index (χ2n) is 4.30. The van der Waals surface area contributed by atoms with Crippen LogP contribution in [0.2, 0.25) is 0 Å². The molecule has 0 radical (unpaired) electrons. The van der Waals surface area contributed by atoms with E-state index in [1.165, 1.54) is 0 Å². The van der Waals surface area contributed by atoms with Gasteiger partial charge < -0.3 is 0 Å². The van der Waals surface area contributed by atoms with Crippen LogP contribution in [0.1, 0.15) is 5.56 Å². The first-order valence-electron chi connectivity index (χ1n) is 6.38. The van der Waals surface area contributed by atoms with Crippen LogP contribution in [0, 0.1) is 0 Å². The maximum Gasteiger partial charge on any atom is 0.204 e. The fourth-order valence-electron chi connectivity index (χ4n) is 1.81. The Hall–Kier alpha value is -2.17. The lowest BCUT2D eigenvalue weighted by molar-refractivity contribution is 1.31. The molecule has 0 saturated heterocycles. The Labute approximate surface area is 131 Å². The van der Waals surface area contributed by atoms with E-state index in [9.17, 15) is 0 Å². The summed E-state index contributed by atoms with van der Waals surface area (Å²) in [5.41, 5.74) is 4.90. The Morgan fingerprint density at radius 1 is 1.10 bits per heavy atom. The number of nitrogens with one attached hydrogen (secondary N) is 1. The second-order valence-corrected chi connectivity index (χ2v) is 5.76. The summed E-state index contributed by atoms with van der Waals surface area (Å²) in [6.07, 6.45) is 3.42. The number of anilines is 1. The first-order valence-corrected chi connectivity index (χ1v) is 7.57. The van der Waals surface area contributed by atoms with Crippen LogP contribution >= 0.6 is 22.9 Å². The molecule has 21 heavy (non-hydrogen) atoms. The quantitative estimate of drug-likeness (QED) is 0.545. The zero-order chi connectivity index (χ0) is 14.5. The highest BCUT2D eigenvalue weighted by Crippen LogP contribution is 2.25. The molecule has 1 aromatic heterocycles. The first-order chi connectivity index (χ1) is 10.3. The lowest BCUT2D eigenvalue weighted by atomic mass is 10.2. The maximum absolute atomic E-state index is 6.12. The zero-order valence-electron chi connectivity index (χ0n) is 11.0. The number of thiazole rings is 1. The van der Waals surface area contributed by atoms with E-state index in [1.807, 2.05) is 60.7 Å². The Balaban J connectivity index is 1.67. The van der Waals surface area contributed by atoms with Crippen molar-refractivity contribution in [3.8, 4) is 0 Å². The van der Waals surface area contributed by atoms with E-state index in [4.69, 9.17) is 11.6 Å². The van der Waals surface area contributed by atoms with Crippen LogP contribution in [0.15, 0.2) is 64.7 Å². The number of para-hydroxylation sites is 1. The van der Waals surface area contributed by atoms with Crippen LogP contribution < -0.4 is 5.43 Å². The highest BCUT2D eigenvalue weighted by Gasteiger charge is 2.00. The fourth-order valence-corrected chi connectivity index (χ4v) is 2.81. The van der Waals surface area contributed by atoms with Crippen molar-refractivity contribution in [3.63, 3.8) is 0 Å². The molecule has 0 aliphatic rings. The third-order valence-electron chi connectivity index (χ3n) is 2.75. The predicted octanol–water partition coefficient (Wildman–Crippen LogP) is 4.97. The molecule has 0 atom stereocenters. The molecule has 0 unspecified atom stereocenters. The maximum atomic E-state index is 6.12. The summed E-state index contributed by atoms with van der Waals surface area (Å²) in [6.45, 7) is 0. The van der Waals surface area contributed by atoms with E-state index in [0.29, 0.717) is 5.03 Å². The lowest BCUT2D eigenvalue weighted by Gasteiger charge is -1.94. The summed E-state index contributed by atoms with van der Waals surface area (Å²) < 4.78 is 1.13. The molecule has 0 spiro atoms. The van der Waals surface area contributed by atoms with Gasteiger partial charge in [-0.2, -0.15) is 5.10 Å². The monoisotopic (exact) mass is 313 g/mol. The van der Waals surface area contributed by atoms with E-state index in [-0.39, 0.29) is 0 Å².